The molecular weight excluding hydrogens is 497 g/mol. The van der Waals surface area contributed by atoms with Crippen LogP contribution in [0.3, 0.4) is 0 Å². The van der Waals surface area contributed by atoms with E-state index in [-0.39, 0.29) is 6.03 Å². The van der Waals surface area contributed by atoms with Gasteiger partial charge >= 0.3 is 18.2 Å². The third-order valence-electron chi connectivity index (χ3n) is 6.63. The first-order valence-electron chi connectivity index (χ1n) is 11.7. The maximum Gasteiger partial charge on any atom is 0.416 e. The van der Waals surface area contributed by atoms with E-state index in [1.807, 2.05) is 11.2 Å². The van der Waals surface area contributed by atoms with Crippen molar-refractivity contribution in [1.29, 1.82) is 0 Å². The number of alkyl halides is 3. The Labute approximate surface area is 211 Å². The van der Waals surface area contributed by atoms with Gasteiger partial charge in [0.1, 0.15) is 0 Å². The Kier molecular flexibility index (Phi) is 7.98. The van der Waals surface area contributed by atoms with Crippen molar-refractivity contribution in [2.24, 2.45) is 5.92 Å². The average Bonchev–Trinajstić information content (AvgIpc) is 3.32. The number of benzene rings is 1. The van der Waals surface area contributed by atoms with E-state index in [4.69, 9.17) is 0 Å². The number of piperazine rings is 1. The van der Waals surface area contributed by atoms with Gasteiger partial charge in [0.25, 0.3) is 0 Å². The molecule has 2 saturated heterocycles. The molecule has 0 bridgehead atoms. The third kappa shape index (κ3) is 6.06. The minimum absolute atomic E-state index is 0.222. The van der Waals surface area contributed by atoms with Gasteiger partial charge in [-0.25, -0.2) is 4.79 Å². The first kappa shape index (κ1) is 26.1. The van der Waals surface area contributed by atoms with E-state index in [2.05, 4.69) is 14.7 Å². The summed E-state index contributed by atoms with van der Waals surface area (Å²) in [6, 6.07) is 5.29. The van der Waals surface area contributed by atoms with Gasteiger partial charge in [-0.05, 0) is 30.5 Å². The van der Waals surface area contributed by atoms with Gasteiger partial charge in [0.2, 0.25) is 0 Å². The minimum Gasteiger partial charge on any atom is -0.481 e. The lowest BCUT2D eigenvalue weighted by atomic mass is 9.95. The molecule has 2 aliphatic rings. The molecule has 0 aliphatic carbocycles. The highest BCUT2D eigenvalue weighted by atomic mass is 32.2. The van der Waals surface area contributed by atoms with E-state index in [1.165, 1.54) is 28.8 Å². The van der Waals surface area contributed by atoms with Crippen LogP contribution in [0.25, 0.3) is 0 Å². The summed E-state index contributed by atoms with van der Waals surface area (Å²) < 4.78 is 44.6. The smallest absolute Gasteiger partial charge is 0.416 e. The molecule has 196 valence electrons. The number of piperidine rings is 1. The van der Waals surface area contributed by atoms with Crippen molar-refractivity contribution in [3.05, 3.63) is 41.6 Å². The number of nitrogens with one attached hydrogen (secondary N) is 1. The fourth-order valence-electron chi connectivity index (χ4n) is 4.61. The molecule has 2 fully saturated rings. The summed E-state index contributed by atoms with van der Waals surface area (Å²) >= 11 is 1.38. The lowest BCUT2D eigenvalue weighted by molar-refractivity contribution is -0.142. The Morgan fingerprint density at radius 1 is 1.11 bits per heavy atom. The van der Waals surface area contributed by atoms with Gasteiger partial charge in [0.15, 0.2) is 5.82 Å². The summed E-state index contributed by atoms with van der Waals surface area (Å²) in [4.78, 5) is 29.7. The van der Waals surface area contributed by atoms with Crippen LogP contribution in [-0.2, 0) is 17.5 Å². The average molecular weight is 527 g/mol. The molecule has 2 aliphatic heterocycles. The molecule has 2 aromatic rings. The molecule has 4 rings (SSSR count). The van der Waals surface area contributed by atoms with E-state index in [1.54, 1.807) is 17.2 Å². The van der Waals surface area contributed by atoms with Crippen molar-refractivity contribution in [3.63, 3.8) is 0 Å². The summed E-state index contributed by atoms with van der Waals surface area (Å²) in [7, 11) is 0. The number of nitrogens with zero attached hydrogens (tertiary/aromatic N) is 5. The van der Waals surface area contributed by atoms with Gasteiger partial charge in [-0.3, -0.25) is 9.69 Å². The highest BCUT2D eigenvalue weighted by Gasteiger charge is 2.33. The molecule has 0 saturated carbocycles. The molecular formula is C23H29F3N6O3S. The van der Waals surface area contributed by atoms with Crippen LogP contribution in [0.15, 0.2) is 30.5 Å². The molecule has 0 unspecified atom stereocenters. The van der Waals surface area contributed by atoms with Crippen molar-refractivity contribution in [2.75, 3.05) is 55.1 Å². The van der Waals surface area contributed by atoms with Gasteiger partial charge in [0, 0.05) is 70.0 Å². The minimum atomic E-state index is -4.46. The standard InChI is InChI=1S/C23H29F3N6O3S/c1-36-28-20-6-9-32(27-20)22(35)31-12-10-29(11-13-31)15-17-2-3-18(23(24,25)26)14-19(17)30-7-4-16(5-8-30)21(33)34/h2-3,6,9,14,16H,4-5,7-8,10-13,15H2,1H3,(H,27,28)(H,33,34). The monoisotopic (exact) mass is 526 g/mol. The number of carboxylic acids is 1. The van der Waals surface area contributed by atoms with Gasteiger partial charge in [-0.15, -0.1) is 5.10 Å². The van der Waals surface area contributed by atoms with Crippen LogP contribution in [0.1, 0.15) is 24.0 Å². The van der Waals surface area contributed by atoms with Crippen molar-refractivity contribution in [3.8, 4) is 0 Å². The first-order chi connectivity index (χ1) is 17.2. The van der Waals surface area contributed by atoms with Crippen LogP contribution >= 0.6 is 11.9 Å². The molecule has 0 spiro atoms. The summed E-state index contributed by atoms with van der Waals surface area (Å²) in [6.45, 7) is 3.33. The number of halogens is 3. The molecule has 1 aromatic heterocycles. The van der Waals surface area contributed by atoms with Crippen LogP contribution < -0.4 is 9.62 Å². The fourth-order valence-corrected chi connectivity index (χ4v) is 4.93. The number of hydrogen-bond donors (Lipinski definition) is 2. The normalized spacial score (nSPS) is 17.9. The van der Waals surface area contributed by atoms with Crippen molar-refractivity contribution < 1.29 is 27.9 Å². The van der Waals surface area contributed by atoms with E-state index in [0.717, 1.165) is 11.6 Å². The second-order valence-electron chi connectivity index (χ2n) is 8.94. The molecule has 1 amide bonds. The number of aromatic nitrogens is 2. The lowest BCUT2D eigenvalue weighted by Gasteiger charge is -2.37. The molecule has 13 heteroatoms. The maximum atomic E-state index is 13.4. The zero-order chi connectivity index (χ0) is 25.9. The molecule has 3 heterocycles. The topological polar surface area (TPSA) is 93.9 Å². The van der Waals surface area contributed by atoms with E-state index in [0.29, 0.717) is 70.2 Å². The molecule has 1 aromatic carbocycles. The van der Waals surface area contributed by atoms with E-state index in [9.17, 15) is 27.9 Å². The maximum absolute atomic E-state index is 13.4. The lowest BCUT2D eigenvalue weighted by Crippen LogP contribution is -2.49. The first-order valence-corrected chi connectivity index (χ1v) is 12.9. The predicted octanol–water partition coefficient (Wildman–Crippen LogP) is 3.68. The SMILES string of the molecule is CSNc1ccn(C(=O)N2CCN(Cc3ccc(C(F)(F)F)cc3N3CCC(C(=O)O)CC3)CC2)n1. The summed E-state index contributed by atoms with van der Waals surface area (Å²) in [5.41, 5.74) is 0.542. The van der Waals surface area contributed by atoms with Crippen molar-refractivity contribution in [2.45, 2.75) is 25.6 Å². The van der Waals surface area contributed by atoms with Crippen LogP contribution in [0.5, 0.6) is 0 Å². The number of anilines is 2. The van der Waals surface area contributed by atoms with Crippen LogP contribution in [-0.4, -0.2) is 82.2 Å². The quantitative estimate of drug-likeness (QED) is 0.551. The zero-order valence-corrected chi connectivity index (χ0v) is 20.7. The molecule has 36 heavy (non-hydrogen) atoms. The van der Waals surface area contributed by atoms with Crippen LogP contribution in [0.4, 0.5) is 29.5 Å². The summed E-state index contributed by atoms with van der Waals surface area (Å²) in [5.74, 6) is -0.738. The van der Waals surface area contributed by atoms with E-state index >= 15 is 0 Å². The van der Waals surface area contributed by atoms with Crippen LogP contribution in [0, 0.1) is 5.92 Å². The van der Waals surface area contributed by atoms with Gasteiger partial charge in [-0.1, -0.05) is 18.0 Å². The molecule has 9 nitrogen and oxygen atoms in total. The molecule has 0 radical (unpaired) electrons. The predicted molar refractivity (Wildman–Crippen MR) is 131 cm³/mol. The Morgan fingerprint density at radius 3 is 2.42 bits per heavy atom. The third-order valence-corrected chi connectivity index (χ3v) is 7.04. The number of carbonyl (C=O) groups excluding carboxylic acids is 1. The highest BCUT2D eigenvalue weighted by Crippen LogP contribution is 2.35. The van der Waals surface area contributed by atoms with Gasteiger partial charge in [0.05, 0.1) is 11.5 Å². The van der Waals surface area contributed by atoms with Crippen molar-refractivity contribution in [1.82, 2.24) is 19.6 Å². The number of rotatable bonds is 6. The molecule has 0 atom stereocenters. The Hall–Kier alpha value is -2.93. The largest absolute Gasteiger partial charge is 0.481 e. The number of amides is 1. The van der Waals surface area contributed by atoms with E-state index < -0.39 is 23.6 Å². The van der Waals surface area contributed by atoms with Gasteiger partial charge in [-0.2, -0.15) is 17.9 Å². The number of hydrogen-bond acceptors (Lipinski definition) is 7. The zero-order valence-electron chi connectivity index (χ0n) is 19.9. The fraction of sp³-hybridized carbons (Fsp3) is 0.522. The Balaban J connectivity index is 1.42. The number of aliphatic carboxylic acids is 1. The van der Waals surface area contributed by atoms with Gasteiger partial charge < -0.3 is 19.6 Å². The number of carbonyl (C=O) groups is 2. The second kappa shape index (κ2) is 11.0. The summed E-state index contributed by atoms with van der Waals surface area (Å²) in [5, 5.41) is 13.5. The molecule has 2 N–H and O–H groups in total. The Morgan fingerprint density at radius 2 is 1.81 bits per heavy atom. The summed E-state index contributed by atoms with van der Waals surface area (Å²) in [6.07, 6.45) is -0.202. The Bertz CT molecular complexity index is 1080. The highest BCUT2D eigenvalue weighted by molar-refractivity contribution is 7.99. The number of carboxylic acid groups (broad SMARTS) is 1. The van der Waals surface area contributed by atoms with Crippen LogP contribution in [0.2, 0.25) is 0 Å². The second-order valence-corrected chi connectivity index (χ2v) is 9.55. The van der Waals surface area contributed by atoms with Crippen molar-refractivity contribution >= 4 is 35.5 Å².